The molecule has 4 heterocycles. The highest BCUT2D eigenvalue weighted by atomic mass is 16.5. The minimum atomic E-state index is 0.0149. The molecular formula is C48H29BN2O2. The maximum atomic E-state index is 6.58. The van der Waals surface area contributed by atoms with E-state index < -0.39 is 0 Å². The zero-order valence-corrected chi connectivity index (χ0v) is 28.5. The normalized spacial score (nSPS) is 13.3. The number of furan rings is 1. The predicted molar refractivity (Wildman–Crippen MR) is 219 cm³/mol. The molecule has 53 heavy (non-hydrogen) atoms. The molecule has 0 radical (unpaired) electrons. The quantitative estimate of drug-likeness (QED) is 0.174. The molecule has 0 amide bonds. The van der Waals surface area contributed by atoms with Gasteiger partial charge in [0.05, 0.1) is 11.4 Å². The SMILES string of the molecule is c1ccc(-c2ccc3c(c2)B2c4cccc5c4N(c4ccccc4O5)c4cccc(c42)N3c2ccc(-c3cccc4c3oc3ccccc34)cc2)cc1. The number of ether oxygens (including phenoxy) is 1. The van der Waals surface area contributed by atoms with E-state index in [1.807, 2.05) is 18.2 Å². The van der Waals surface area contributed by atoms with Crippen molar-refractivity contribution in [2.24, 2.45) is 0 Å². The second-order valence-electron chi connectivity index (χ2n) is 14.0. The molecule has 3 aliphatic rings. The number of benzene rings is 8. The minimum Gasteiger partial charge on any atom is -0.455 e. The number of anilines is 6. The number of fused-ring (bicyclic) bond motifs is 9. The monoisotopic (exact) mass is 676 g/mol. The van der Waals surface area contributed by atoms with Crippen molar-refractivity contribution in [2.45, 2.75) is 0 Å². The van der Waals surface area contributed by atoms with E-state index in [4.69, 9.17) is 9.15 Å². The lowest BCUT2D eigenvalue weighted by Crippen LogP contribution is -2.61. The van der Waals surface area contributed by atoms with E-state index in [1.54, 1.807) is 0 Å². The third-order valence-corrected chi connectivity index (χ3v) is 11.2. The molecule has 0 bridgehead atoms. The van der Waals surface area contributed by atoms with Gasteiger partial charge in [0.25, 0.3) is 6.71 Å². The highest BCUT2D eigenvalue weighted by Crippen LogP contribution is 2.52. The predicted octanol–water partition coefficient (Wildman–Crippen LogP) is 11.1. The van der Waals surface area contributed by atoms with Crippen molar-refractivity contribution in [1.82, 2.24) is 0 Å². The summed E-state index contributed by atoms with van der Waals surface area (Å²) in [5.41, 5.74) is 17.1. The molecular weight excluding hydrogens is 647 g/mol. The summed E-state index contributed by atoms with van der Waals surface area (Å²) in [5, 5.41) is 2.28. The van der Waals surface area contributed by atoms with Crippen molar-refractivity contribution in [3.63, 3.8) is 0 Å². The van der Waals surface area contributed by atoms with E-state index in [1.165, 1.54) is 44.6 Å². The summed E-state index contributed by atoms with van der Waals surface area (Å²) in [4.78, 5) is 4.87. The van der Waals surface area contributed by atoms with Gasteiger partial charge in [-0.25, -0.2) is 0 Å². The first-order valence-electron chi connectivity index (χ1n) is 18.1. The average molecular weight is 677 g/mol. The van der Waals surface area contributed by atoms with Crippen molar-refractivity contribution < 1.29 is 9.15 Å². The Morgan fingerprint density at radius 2 is 1.13 bits per heavy atom. The molecule has 5 heteroatoms. The van der Waals surface area contributed by atoms with E-state index in [0.29, 0.717) is 0 Å². The van der Waals surface area contributed by atoms with Crippen LogP contribution in [0.5, 0.6) is 11.5 Å². The van der Waals surface area contributed by atoms with Crippen LogP contribution in [0.4, 0.5) is 34.1 Å². The fourth-order valence-electron chi connectivity index (χ4n) is 8.99. The van der Waals surface area contributed by atoms with E-state index >= 15 is 0 Å². The van der Waals surface area contributed by atoms with Crippen LogP contribution < -0.4 is 30.9 Å². The van der Waals surface area contributed by atoms with Crippen LogP contribution in [0, 0.1) is 0 Å². The van der Waals surface area contributed by atoms with Crippen LogP contribution in [0.15, 0.2) is 180 Å². The maximum Gasteiger partial charge on any atom is 0.252 e. The number of nitrogens with zero attached hydrogens (tertiary/aromatic N) is 2. The van der Waals surface area contributed by atoms with Crippen molar-refractivity contribution in [2.75, 3.05) is 9.80 Å². The molecule has 4 nitrogen and oxygen atoms in total. The van der Waals surface area contributed by atoms with Crippen molar-refractivity contribution >= 4 is 79.2 Å². The molecule has 0 saturated carbocycles. The van der Waals surface area contributed by atoms with E-state index in [9.17, 15) is 0 Å². The van der Waals surface area contributed by atoms with Crippen molar-refractivity contribution in [3.8, 4) is 33.8 Å². The summed E-state index contributed by atoms with van der Waals surface area (Å²) in [6.45, 7) is 0.0149. The molecule has 0 spiro atoms. The third-order valence-electron chi connectivity index (χ3n) is 11.2. The fourth-order valence-corrected chi connectivity index (χ4v) is 8.99. The molecule has 246 valence electrons. The molecule has 0 aliphatic carbocycles. The second kappa shape index (κ2) is 10.8. The lowest BCUT2D eigenvalue weighted by molar-refractivity contribution is 0.477. The number of para-hydroxylation sites is 5. The Morgan fingerprint density at radius 3 is 2.04 bits per heavy atom. The number of rotatable bonds is 3. The molecule has 0 atom stereocenters. The van der Waals surface area contributed by atoms with Gasteiger partial charge in [-0.1, -0.05) is 121 Å². The van der Waals surface area contributed by atoms with E-state index in [-0.39, 0.29) is 6.71 Å². The van der Waals surface area contributed by atoms with Gasteiger partial charge in [0, 0.05) is 39.1 Å². The fraction of sp³-hybridized carbons (Fsp3) is 0. The van der Waals surface area contributed by atoms with Crippen LogP contribution in [0.25, 0.3) is 44.2 Å². The van der Waals surface area contributed by atoms with Crippen molar-refractivity contribution in [1.29, 1.82) is 0 Å². The Bertz CT molecular complexity index is 2950. The van der Waals surface area contributed by atoms with Crippen LogP contribution in [-0.4, -0.2) is 6.71 Å². The zero-order valence-electron chi connectivity index (χ0n) is 28.5. The summed E-state index contributed by atoms with van der Waals surface area (Å²) in [5.74, 6) is 1.75. The van der Waals surface area contributed by atoms with Gasteiger partial charge in [0.1, 0.15) is 11.2 Å². The van der Waals surface area contributed by atoms with Crippen molar-refractivity contribution in [3.05, 3.63) is 176 Å². The Balaban J connectivity index is 1.08. The highest BCUT2D eigenvalue weighted by molar-refractivity contribution is 7.00. The van der Waals surface area contributed by atoms with Gasteiger partial charge >= 0.3 is 0 Å². The standard InChI is InChI=1S/C48H29BN2O2/c1-2-11-30(12-3-1)32-25-28-39-38(29-32)49-37-16-9-22-45-47(37)51(40-17-5-7-21-44(40)52-45)42-19-10-18-41(46(42)49)50(39)33-26-23-31(24-27-33)34-14-8-15-36-35-13-4-6-20-43(35)53-48(34)36/h1-29H. The highest BCUT2D eigenvalue weighted by Gasteiger charge is 2.45. The summed E-state index contributed by atoms with van der Waals surface area (Å²) in [7, 11) is 0. The summed E-state index contributed by atoms with van der Waals surface area (Å²) in [6.07, 6.45) is 0. The Hall–Kier alpha value is -6.98. The first-order valence-corrected chi connectivity index (χ1v) is 18.1. The van der Waals surface area contributed by atoms with Gasteiger partial charge in [-0.3, -0.25) is 0 Å². The first kappa shape index (κ1) is 28.7. The third kappa shape index (κ3) is 4.02. The molecule has 0 saturated heterocycles. The van der Waals surface area contributed by atoms with Gasteiger partial charge in [-0.2, -0.15) is 0 Å². The van der Waals surface area contributed by atoms with E-state index in [2.05, 4.69) is 168 Å². The van der Waals surface area contributed by atoms with Crippen LogP contribution in [-0.2, 0) is 0 Å². The maximum absolute atomic E-state index is 6.58. The average Bonchev–Trinajstić information content (AvgIpc) is 3.61. The lowest BCUT2D eigenvalue weighted by Gasteiger charge is -2.45. The van der Waals surface area contributed by atoms with Crippen LogP contribution in [0.1, 0.15) is 0 Å². The Kier molecular flexibility index (Phi) is 5.83. The molecule has 12 rings (SSSR count). The van der Waals surface area contributed by atoms with Crippen LogP contribution in [0.3, 0.4) is 0 Å². The van der Waals surface area contributed by atoms with Crippen LogP contribution >= 0.6 is 0 Å². The zero-order chi connectivity index (χ0) is 34.6. The number of hydrogen-bond acceptors (Lipinski definition) is 4. The second-order valence-corrected chi connectivity index (χ2v) is 14.0. The molecule has 0 fully saturated rings. The molecule has 0 unspecified atom stereocenters. The van der Waals surface area contributed by atoms with Gasteiger partial charge in [0.2, 0.25) is 0 Å². The van der Waals surface area contributed by atoms with Crippen LogP contribution in [0.2, 0.25) is 0 Å². The Morgan fingerprint density at radius 1 is 0.434 bits per heavy atom. The molecule has 8 aromatic carbocycles. The summed E-state index contributed by atoms with van der Waals surface area (Å²) in [6, 6.07) is 63.0. The van der Waals surface area contributed by atoms with E-state index in [0.717, 1.165) is 61.6 Å². The van der Waals surface area contributed by atoms with Gasteiger partial charge in [-0.15, -0.1) is 0 Å². The Labute approximate surface area is 306 Å². The molecule has 0 N–H and O–H groups in total. The topological polar surface area (TPSA) is 28.9 Å². The smallest absolute Gasteiger partial charge is 0.252 e. The summed E-state index contributed by atoms with van der Waals surface area (Å²) < 4.78 is 13.0. The minimum absolute atomic E-state index is 0.0149. The molecule has 3 aliphatic heterocycles. The van der Waals surface area contributed by atoms with Gasteiger partial charge < -0.3 is 19.0 Å². The van der Waals surface area contributed by atoms with Gasteiger partial charge in [0.15, 0.2) is 11.5 Å². The first-order chi connectivity index (χ1) is 26.3. The lowest BCUT2D eigenvalue weighted by atomic mass is 9.33. The largest absolute Gasteiger partial charge is 0.455 e. The molecule has 9 aromatic rings. The van der Waals surface area contributed by atoms with Gasteiger partial charge in [-0.05, 0) is 87.7 Å². The number of hydrogen-bond donors (Lipinski definition) is 0. The molecule has 1 aromatic heterocycles. The summed E-state index contributed by atoms with van der Waals surface area (Å²) >= 11 is 0.